The van der Waals surface area contributed by atoms with Crippen LogP contribution in [0.25, 0.3) is 0 Å². The SMILES string of the molecule is CCCCOC(COCCO)CC(O)CO. The Balaban J connectivity index is 3.75. The highest BCUT2D eigenvalue weighted by Crippen LogP contribution is 2.05. The predicted octanol–water partition coefficient (Wildman–Crippen LogP) is -0.0761. The highest BCUT2D eigenvalue weighted by atomic mass is 16.5. The van der Waals surface area contributed by atoms with Gasteiger partial charge in [-0.3, -0.25) is 0 Å². The van der Waals surface area contributed by atoms with E-state index in [9.17, 15) is 5.11 Å². The highest BCUT2D eigenvalue weighted by Gasteiger charge is 2.14. The molecule has 0 radical (unpaired) electrons. The Bertz CT molecular complexity index is 132. The Hall–Kier alpha value is -0.200. The fourth-order valence-corrected chi connectivity index (χ4v) is 1.24. The predicted molar refractivity (Wildman–Crippen MR) is 60.3 cm³/mol. The van der Waals surface area contributed by atoms with Crippen LogP contribution in [0.4, 0.5) is 0 Å². The van der Waals surface area contributed by atoms with Crippen molar-refractivity contribution >= 4 is 0 Å². The summed E-state index contributed by atoms with van der Waals surface area (Å²) >= 11 is 0. The maximum Gasteiger partial charge on any atom is 0.0833 e. The lowest BCUT2D eigenvalue weighted by atomic mass is 10.2. The number of aliphatic hydroxyl groups is 3. The van der Waals surface area contributed by atoms with Gasteiger partial charge in [0.25, 0.3) is 0 Å². The summed E-state index contributed by atoms with van der Waals surface area (Å²) in [6.07, 6.45) is 1.37. The monoisotopic (exact) mass is 236 g/mol. The lowest BCUT2D eigenvalue weighted by Crippen LogP contribution is -2.28. The third kappa shape index (κ3) is 9.06. The molecule has 0 aliphatic rings. The molecule has 5 nitrogen and oxygen atoms in total. The van der Waals surface area contributed by atoms with Gasteiger partial charge >= 0.3 is 0 Å². The number of aliphatic hydroxyl groups excluding tert-OH is 3. The first-order valence-electron chi connectivity index (χ1n) is 5.83. The third-order valence-electron chi connectivity index (χ3n) is 2.14. The van der Waals surface area contributed by atoms with Gasteiger partial charge in [0.05, 0.1) is 38.6 Å². The first-order valence-corrected chi connectivity index (χ1v) is 5.83. The molecule has 0 heterocycles. The minimum atomic E-state index is -0.774. The topological polar surface area (TPSA) is 79.2 Å². The molecule has 0 bridgehead atoms. The van der Waals surface area contributed by atoms with E-state index in [1.54, 1.807) is 0 Å². The lowest BCUT2D eigenvalue weighted by Gasteiger charge is -2.20. The van der Waals surface area contributed by atoms with Gasteiger partial charge in [0.2, 0.25) is 0 Å². The molecule has 0 rings (SSSR count). The van der Waals surface area contributed by atoms with Crippen LogP contribution in [0.3, 0.4) is 0 Å². The van der Waals surface area contributed by atoms with Gasteiger partial charge in [0, 0.05) is 13.0 Å². The Morgan fingerprint density at radius 2 is 1.94 bits per heavy atom. The first-order chi connectivity index (χ1) is 7.74. The standard InChI is InChI=1S/C11H24O5/c1-2-3-5-16-11(7-10(14)8-13)9-15-6-4-12/h10-14H,2-9H2,1H3. The highest BCUT2D eigenvalue weighted by molar-refractivity contribution is 4.64. The van der Waals surface area contributed by atoms with E-state index in [0.29, 0.717) is 19.6 Å². The Kier molecular flexibility index (Phi) is 11.1. The average molecular weight is 236 g/mol. The number of rotatable bonds is 11. The van der Waals surface area contributed by atoms with E-state index in [1.165, 1.54) is 0 Å². The van der Waals surface area contributed by atoms with Gasteiger partial charge in [-0.1, -0.05) is 13.3 Å². The molecule has 0 fully saturated rings. The summed E-state index contributed by atoms with van der Waals surface area (Å²) in [5, 5.41) is 26.6. The molecule has 0 aromatic carbocycles. The summed E-state index contributed by atoms with van der Waals surface area (Å²) in [6, 6.07) is 0. The molecule has 0 saturated carbocycles. The second-order valence-corrected chi connectivity index (χ2v) is 3.72. The largest absolute Gasteiger partial charge is 0.394 e. The van der Waals surface area contributed by atoms with Gasteiger partial charge < -0.3 is 24.8 Å². The minimum absolute atomic E-state index is 0.0236. The molecule has 2 unspecified atom stereocenters. The summed E-state index contributed by atoms with van der Waals surface area (Å²) in [5.74, 6) is 0. The van der Waals surface area contributed by atoms with Crippen LogP contribution in [0.15, 0.2) is 0 Å². The van der Waals surface area contributed by atoms with Crippen LogP contribution in [-0.4, -0.2) is 60.6 Å². The van der Waals surface area contributed by atoms with Crippen LogP contribution >= 0.6 is 0 Å². The second-order valence-electron chi connectivity index (χ2n) is 3.72. The van der Waals surface area contributed by atoms with Gasteiger partial charge in [-0.05, 0) is 6.42 Å². The van der Waals surface area contributed by atoms with Crippen molar-refractivity contribution in [2.75, 3.05) is 33.0 Å². The fraction of sp³-hybridized carbons (Fsp3) is 1.00. The van der Waals surface area contributed by atoms with Crippen molar-refractivity contribution in [2.24, 2.45) is 0 Å². The number of unbranched alkanes of at least 4 members (excludes halogenated alkanes) is 1. The van der Waals surface area contributed by atoms with Crippen molar-refractivity contribution < 1.29 is 24.8 Å². The van der Waals surface area contributed by atoms with Crippen LogP contribution in [0.5, 0.6) is 0 Å². The van der Waals surface area contributed by atoms with Crippen LogP contribution in [0.2, 0.25) is 0 Å². The third-order valence-corrected chi connectivity index (χ3v) is 2.14. The van der Waals surface area contributed by atoms with Crippen LogP contribution in [0.1, 0.15) is 26.2 Å². The van der Waals surface area contributed by atoms with Crippen molar-refractivity contribution in [3.63, 3.8) is 0 Å². The molecular formula is C11H24O5. The van der Waals surface area contributed by atoms with Crippen molar-refractivity contribution in [1.82, 2.24) is 0 Å². The van der Waals surface area contributed by atoms with Crippen LogP contribution in [-0.2, 0) is 9.47 Å². The van der Waals surface area contributed by atoms with E-state index in [4.69, 9.17) is 19.7 Å². The average Bonchev–Trinajstić information content (AvgIpc) is 2.29. The molecule has 0 saturated heterocycles. The molecule has 3 N–H and O–H groups in total. The van der Waals surface area contributed by atoms with Crippen molar-refractivity contribution in [2.45, 2.75) is 38.4 Å². The molecular weight excluding hydrogens is 212 g/mol. The number of hydrogen-bond acceptors (Lipinski definition) is 5. The van der Waals surface area contributed by atoms with E-state index in [1.807, 2.05) is 0 Å². The van der Waals surface area contributed by atoms with Gasteiger partial charge in [0.1, 0.15) is 0 Å². The van der Waals surface area contributed by atoms with Gasteiger partial charge in [-0.25, -0.2) is 0 Å². The van der Waals surface area contributed by atoms with Crippen LogP contribution < -0.4 is 0 Å². The van der Waals surface area contributed by atoms with Crippen molar-refractivity contribution in [3.05, 3.63) is 0 Å². The maximum atomic E-state index is 9.31. The van der Waals surface area contributed by atoms with E-state index >= 15 is 0 Å². The summed E-state index contributed by atoms with van der Waals surface area (Å²) in [4.78, 5) is 0. The lowest BCUT2D eigenvalue weighted by molar-refractivity contribution is -0.0516. The molecule has 0 aromatic heterocycles. The normalized spacial score (nSPS) is 15.0. The van der Waals surface area contributed by atoms with Crippen molar-refractivity contribution in [3.8, 4) is 0 Å². The zero-order valence-electron chi connectivity index (χ0n) is 9.97. The summed E-state index contributed by atoms with van der Waals surface area (Å²) < 4.78 is 10.7. The minimum Gasteiger partial charge on any atom is -0.394 e. The van der Waals surface area contributed by atoms with E-state index < -0.39 is 6.10 Å². The summed E-state index contributed by atoms with van der Waals surface area (Å²) in [6.45, 7) is 3.01. The van der Waals surface area contributed by atoms with Gasteiger partial charge in [0.15, 0.2) is 0 Å². The van der Waals surface area contributed by atoms with E-state index in [0.717, 1.165) is 12.8 Å². The van der Waals surface area contributed by atoms with E-state index in [2.05, 4.69) is 6.92 Å². The zero-order valence-corrected chi connectivity index (χ0v) is 9.97. The number of ether oxygens (including phenoxy) is 2. The van der Waals surface area contributed by atoms with Crippen molar-refractivity contribution in [1.29, 1.82) is 0 Å². The molecule has 0 aromatic rings. The molecule has 0 aliphatic heterocycles. The summed E-state index contributed by atoms with van der Waals surface area (Å²) in [7, 11) is 0. The molecule has 5 heteroatoms. The number of hydrogen-bond donors (Lipinski definition) is 3. The Morgan fingerprint density at radius 1 is 1.19 bits per heavy atom. The molecule has 2 atom stereocenters. The fourth-order valence-electron chi connectivity index (χ4n) is 1.24. The smallest absolute Gasteiger partial charge is 0.0833 e. The van der Waals surface area contributed by atoms with Gasteiger partial charge in [-0.15, -0.1) is 0 Å². The Labute approximate surface area is 97.0 Å². The molecule has 0 amide bonds. The first kappa shape index (κ1) is 15.8. The zero-order chi connectivity index (χ0) is 12.2. The van der Waals surface area contributed by atoms with Crippen LogP contribution in [0, 0.1) is 0 Å². The molecule has 98 valence electrons. The molecule has 0 aliphatic carbocycles. The van der Waals surface area contributed by atoms with Gasteiger partial charge in [-0.2, -0.15) is 0 Å². The summed E-state index contributed by atoms with van der Waals surface area (Å²) in [5.41, 5.74) is 0. The Morgan fingerprint density at radius 3 is 2.50 bits per heavy atom. The molecule has 0 spiro atoms. The quantitative estimate of drug-likeness (QED) is 0.437. The van der Waals surface area contributed by atoms with E-state index in [-0.39, 0.29) is 25.9 Å². The maximum absolute atomic E-state index is 9.31. The second kappa shape index (κ2) is 11.3. The molecule has 16 heavy (non-hydrogen) atoms.